The van der Waals surface area contributed by atoms with E-state index in [0.29, 0.717) is 5.92 Å². The topological polar surface area (TPSA) is 94.2 Å². The number of fused-ring (bicyclic) bond motifs is 1. The monoisotopic (exact) mass is 341 g/mol. The summed E-state index contributed by atoms with van der Waals surface area (Å²) in [6, 6.07) is 9.11. The van der Waals surface area contributed by atoms with E-state index in [0.717, 1.165) is 30.7 Å². The van der Waals surface area contributed by atoms with Crippen LogP contribution in [0.15, 0.2) is 47.5 Å². The summed E-state index contributed by atoms with van der Waals surface area (Å²) in [6.07, 6.45) is 4.32. The van der Waals surface area contributed by atoms with Gasteiger partial charge in [0.1, 0.15) is 6.54 Å². The summed E-state index contributed by atoms with van der Waals surface area (Å²) in [5.74, 6) is 0.221. The lowest BCUT2D eigenvalue weighted by molar-refractivity contribution is -0.386. The van der Waals surface area contributed by atoms with Crippen molar-refractivity contribution in [3.63, 3.8) is 0 Å². The van der Waals surface area contributed by atoms with E-state index >= 15 is 0 Å². The molecule has 0 bridgehead atoms. The Morgan fingerprint density at radius 3 is 2.72 bits per heavy atom. The number of hydrogen-bond acceptors (Lipinski definition) is 4. The highest BCUT2D eigenvalue weighted by Gasteiger charge is 2.25. The van der Waals surface area contributed by atoms with E-state index in [1.807, 2.05) is 18.2 Å². The molecule has 2 aromatic rings. The zero-order valence-electron chi connectivity index (χ0n) is 13.8. The number of amides is 1. The van der Waals surface area contributed by atoms with Gasteiger partial charge in [-0.15, -0.1) is 0 Å². The SMILES string of the molecule is CC1CCC(NC(=O)Cn2ccc(=O)c([N+](=O)[O-])c2)c2ccccc21. The molecule has 1 aliphatic carbocycles. The molecule has 1 N–H and O–H groups in total. The molecule has 1 amide bonds. The number of carbonyl (C=O) groups is 1. The third kappa shape index (κ3) is 3.60. The second-order valence-corrected chi connectivity index (χ2v) is 6.35. The summed E-state index contributed by atoms with van der Waals surface area (Å²) in [4.78, 5) is 33.9. The predicted molar refractivity (Wildman–Crippen MR) is 92.3 cm³/mol. The molecule has 0 aliphatic heterocycles. The van der Waals surface area contributed by atoms with Crippen LogP contribution in [0.1, 0.15) is 42.9 Å². The van der Waals surface area contributed by atoms with Crippen molar-refractivity contribution in [2.24, 2.45) is 0 Å². The molecule has 0 saturated carbocycles. The van der Waals surface area contributed by atoms with Crippen LogP contribution in [0.5, 0.6) is 0 Å². The standard InChI is InChI=1S/C18H19N3O4/c1-12-6-7-15(14-5-3-2-4-13(12)14)19-18(23)11-20-9-8-17(22)16(10-20)21(24)25/h2-5,8-10,12,15H,6-7,11H2,1H3,(H,19,23). The lowest BCUT2D eigenvalue weighted by atomic mass is 9.81. The van der Waals surface area contributed by atoms with Gasteiger partial charge < -0.3 is 9.88 Å². The molecular formula is C18H19N3O4. The Hall–Kier alpha value is -2.96. The summed E-state index contributed by atoms with van der Waals surface area (Å²) in [6.45, 7) is 2.10. The largest absolute Gasteiger partial charge is 0.348 e. The summed E-state index contributed by atoms with van der Waals surface area (Å²) >= 11 is 0. The number of nitro groups is 1. The average molecular weight is 341 g/mol. The van der Waals surface area contributed by atoms with Gasteiger partial charge in [0.25, 0.3) is 5.43 Å². The Morgan fingerprint density at radius 1 is 1.28 bits per heavy atom. The molecule has 7 nitrogen and oxygen atoms in total. The van der Waals surface area contributed by atoms with Crippen LogP contribution >= 0.6 is 0 Å². The number of pyridine rings is 1. The van der Waals surface area contributed by atoms with Crippen molar-refractivity contribution in [3.05, 3.63) is 74.2 Å². The lowest BCUT2D eigenvalue weighted by Crippen LogP contribution is -2.34. The minimum absolute atomic E-state index is 0.0609. The minimum Gasteiger partial charge on any atom is -0.348 e. The molecule has 0 fully saturated rings. The molecule has 1 aliphatic rings. The first-order valence-corrected chi connectivity index (χ1v) is 8.18. The molecule has 130 valence electrons. The second kappa shape index (κ2) is 6.88. The van der Waals surface area contributed by atoms with Crippen molar-refractivity contribution in [3.8, 4) is 0 Å². The molecule has 25 heavy (non-hydrogen) atoms. The zero-order chi connectivity index (χ0) is 18.0. The second-order valence-electron chi connectivity index (χ2n) is 6.35. The molecular weight excluding hydrogens is 322 g/mol. The van der Waals surface area contributed by atoms with Crippen LogP contribution in [-0.2, 0) is 11.3 Å². The van der Waals surface area contributed by atoms with Crippen LogP contribution in [0.25, 0.3) is 0 Å². The Bertz CT molecular complexity index is 875. The molecule has 1 aromatic carbocycles. The first-order valence-electron chi connectivity index (χ1n) is 8.18. The van der Waals surface area contributed by atoms with E-state index in [-0.39, 0.29) is 18.5 Å². The first-order chi connectivity index (χ1) is 12.0. The van der Waals surface area contributed by atoms with Gasteiger partial charge in [-0.3, -0.25) is 19.7 Å². The fourth-order valence-electron chi connectivity index (χ4n) is 3.31. The van der Waals surface area contributed by atoms with Crippen LogP contribution in [-0.4, -0.2) is 15.4 Å². The van der Waals surface area contributed by atoms with Gasteiger partial charge in [0.2, 0.25) is 5.91 Å². The normalized spacial score (nSPS) is 19.1. The lowest BCUT2D eigenvalue weighted by Gasteiger charge is -2.30. The number of benzene rings is 1. The van der Waals surface area contributed by atoms with Crippen LogP contribution in [0, 0.1) is 10.1 Å². The summed E-state index contributed by atoms with van der Waals surface area (Å²) in [5.41, 5.74) is 1.17. The zero-order valence-corrected chi connectivity index (χ0v) is 13.8. The van der Waals surface area contributed by atoms with E-state index in [4.69, 9.17) is 0 Å². The van der Waals surface area contributed by atoms with Crippen LogP contribution in [0.3, 0.4) is 0 Å². The quantitative estimate of drug-likeness (QED) is 0.683. The van der Waals surface area contributed by atoms with Crippen molar-refractivity contribution in [2.45, 2.75) is 38.3 Å². The molecule has 0 spiro atoms. The summed E-state index contributed by atoms with van der Waals surface area (Å²) < 4.78 is 1.35. The Labute approximate surface area is 144 Å². The minimum atomic E-state index is -0.741. The fraction of sp³-hybridized carbons (Fsp3) is 0.333. The van der Waals surface area contributed by atoms with Gasteiger partial charge in [-0.25, -0.2) is 0 Å². The van der Waals surface area contributed by atoms with E-state index in [2.05, 4.69) is 18.3 Å². The Kier molecular flexibility index (Phi) is 4.65. The molecule has 2 unspecified atom stereocenters. The maximum Gasteiger partial charge on any atom is 0.332 e. The highest BCUT2D eigenvalue weighted by molar-refractivity contribution is 5.76. The Morgan fingerprint density at radius 2 is 2.00 bits per heavy atom. The number of aromatic nitrogens is 1. The molecule has 0 radical (unpaired) electrons. The number of nitrogens with one attached hydrogen (secondary N) is 1. The van der Waals surface area contributed by atoms with Crippen molar-refractivity contribution >= 4 is 11.6 Å². The summed E-state index contributed by atoms with van der Waals surface area (Å²) in [7, 11) is 0. The van der Waals surface area contributed by atoms with Gasteiger partial charge in [0.05, 0.1) is 17.2 Å². The third-order valence-corrected chi connectivity index (χ3v) is 4.61. The molecule has 1 aromatic heterocycles. The maximum absolute atomic E-state index is 12.4. The van der Waals surface area contributed by atoms with Gasteiger partial charge in [-0.05, 0) is 29.9 Å². The molecule has 3 rings (SSSR count). The van der Waals surface area contributed by atoms with Crippen molar-refractivity contribution in [1.29, 1.82) is 0 Å². The van der Waals surface area contributed by atoms with Gasteiger partial charge in [0.15, 0.2) is 0 Å². The van der Waals surface area contributed by atoms with Crippen molar-refractivity contribution in [1.82, 2.24) is 9.88 Å². The molecule has 7 heteroatoms. The maximum atomic E-state index is 12.4. The molecule has 0 saturated heterocycles. The number of hydrogen-bond donors (Lipinski definition) is 1. The highest BCUT2D eigenvalue weighted by Crippen LogP contribution is 2.36. The highest BCUT2D eigenvalue weighted by atomic mass is 16.6. The van der Waals surface area contributed by atoms with Gasteiger partial charge in [-0.1, -0.05) is 31.2 Å². The number of carbonyl (C=O) groups excluding carboxylic acids is 1. The third-order valence-electron chi connectivity index (χ3n) is 4.61. The van der Waals surface area contributed by atoms with E-state index in [1.165, 1.54) is 16.3 Å². The van der Waals surface area contributed by atoms with E-state index in [9.17, 15) is 19.7 Å². The van der Waals surface area contributed by atoms with Gasteiger partial charge >= 0.3 is 5.69 Å². The Balaban J connectivity index is 1.74. The number of rotatable bonds is 4. The first kappa shape index (κ1) is 16.9. The van der Waals surface area contributed by atoms with Crippen LogP contribution in [0.4, 0.5) is 5.69 Å². The number of nitrogens with zero attached hydrogens (tertiary/aromatic N) is 2. The summed E-state index contributed by atoms with van der Waals surface area (Å²) in [5, 5.41) is 13.8. The van der Waals surface area contributed by atoms with Gasteiger partial charge in [0, 0.05) is 12.3 Å². The van der Waals surface area contributed by atoms with Crippen molar-refractivity contribution in [2.75, 3.05) is 0 Å². The van der Waals surface area contributed by atoms with Gasteiger partial charge in [-0.2, -0.15) is 0 Å². The smallest absolute Gasteiger partial charge is 0.332 e. The predicted octanol–water partition coefficient (Wildman–Crippen LogP) is 2.51. The van der Waals surface area contributed by atoms with Crippen molar-refractivity contribution < 1.29 is 9.72 Å². The fourth-order valence-corrected chi connectivity index (χ4v) is 3.31. The van der Waals surface area contributed by atoms with E-state index in [1.54, 1.807) is 0 Å². The van der Waals surface area contributed by atoms with Crippen LogP contribution in [0.2, 0.25) is 0 Å². The molecule has 2 atom stereocenters. The molecule has 1 heterocycles. The average Bonchev–Trinajstić information content (AvgIpc) is 2.59. The van der Waals surface area contributed by atoms with E-state index < -0.39 is 16.0 Å². The van der Waals surface area contributed by atoms with Crippen LogP contribution < -0.4 is 10.7 Å².